The van der Waals surface area contributed by atoms with E-state index in [1.54, 1.807) is 37.3 Å². The Balaban J connectivity index is 1.77. The fourth-order valence-electron chi connectivity index (χ4n) is 3.06. The van der Waals surface area contributed by atoms with Gasteiger partial charge in [0.15, 0.2) is 11.5 Å². The molecule has 0 saturated carbocycles. The third kappa shape index (κ3) is 6.59. The summed E-state index contributed by atoms with van der Waals surface area (Å²) in [5.74, 6) is 0.617. The van der Waals surface area contributed by atoms with Gasteiger partial charge in [0.1, 0.15) is 6.61 Å². The summed E-state index contributed by atoms with van der Waals surface area (Å²) in [5, 5.41) is 14.3. The van der Waals surface area contributed by atoms with Gasteiger partial charge in [0.05, 0.1) is 21.7 Å². The van der Waals surface area contributed by atoms with Crippen LogP contribution in [-0.4, -0.2) is 17.4 Å². The number of nitro benzene ring substituents is 1. The van der Waals surface area contributed by atoms with Gasteiger partial charge in [-0.1, -0.05) is 35.9 Å². The highest BCUT2D eigenvalue weighted by atomic mass is 79.9. The fraction of sp³-hybridized carbons (Fsp3) is 0.160. The lowest BCUT2D eigenvalue weighted by molar-refractivity contribution is -0.384. The summed E-state index contributed by atoms with van der Waals surface area (Å²) in [6.07, 6.45) is 2.97. The topological polar surface area (TPSA) is 90.7 Å². The number of halogens is 2. The molecular formula is C25H22BrClN2O5. The van der Waals surface area contributed by atoms with Gasteiger partial charge >= 0.3 is 0 Å². The molecule has 0 aliphatic carbocycles. The molecule has 0 unspecified atom stereocenters. The number of nitro groups is 1. The van der Waals surface area contributed by atoms with Crippen molar-refractivity contribution in [2.45, 2.75) is 20.5 Å². The number of benzene rings is 3. The van der Waals surface area contributed by atoms with Crippen LogP contribution in [0.4, 0.5) is 11.4 Å². The van der Waals surface area contributed by atoms with Gasteiger partial charge in [-0.15, -0.1) is 0 Å². The number of carbonyl (C=O) groups excluding carboxylic acids is 1. The number of rotatable bonds is 9. The summed E-state index contributed by atoms with van der Waals surface area (Å²) < 4.78 is 12.4. The third-order valence-corrected chi connectivity index (χ3v) is 5.74. The molecule has 3 aromatic carbocycles. The highest BCUT2D eigenvalue weighted by Gasteiger charge is 2.14. The summed E-state index contributed by atoms with van der Waals surface area (Å²) in [4.78, 5) is 22.9. The Morgan fingerprint density at radius 1 is 1.18 bits per heavy atom. The van der Waals surface area contributed by atoms with Gasteiger partial charge in [-0.2, -0.15) is 0 Å². The highest BCUT2D eigenvalue weighted by Crippen LogP contribution is 2.38. The second-order valence-corrected chi connectivity index (χ2v) is 8.48. The number of nitrogens with zero attached hydrogens (tertiary/aromatic N) is 1. The molecule has 34 heavy (non-hydrogen) atoms. The van der Waals surface area contributed by atoms with Crippen LogP contribution in [0.25, 0.3) is 6.08 Å². The molecule has 0 fully saturated rings. The Bertz CT molecular complexity index is 1250. The molecule has 0 aliphatic rings. The number of hydrogen-bond acceptors (Lipinski definition) is 5. The molecule has 176 valence electrons. The van der Waals surface area contributed by atoms with Crippen molar-refractivity contribution in [3.8, 4) is 11.5 Å². The maximum Gasteiger partial charge on any atom is 0.271 e. The molecule has 1 N–H and O–H groups in total. The average molecular weight is 546 g/mol. The van der Waals surface area contributed by atoms with Crippen molar-refractivity contribution in [1.29, 1.82) is 0 Å². The molecule has 1 amide bonds. The molecular weight excluding hydrogens is 524 g/mol. The molecule has 3 rings (SSSR count). The van der Waals surface area contributed by atoms with Crippen LogP contribution < -0.4 is 14.8 Å². The molecule has 0 aliphatic heterocycles. The lowest BCUT2D eigenvalue weighted by atomic mass is 10.1. The maximum atomic E-state index is 12.4. The summed E-state index contributed by atoms with van der Waals surface area (Å²) in [5.41, 5.74) is 2.54. The van der Waals surface area contributed by atoms with E-state index in [4.69, 9.17) is 21.1 Å². The van der Waals surface area contributed by atoms with Crippen LogP contribution in [0.15, 0.2) is 65.1 Å². The first-order chi connectivity index (χ1) is 16.3. The van der Waals surface area contributed by atoms with Gasteiger partial charge in [0.25, 0.3) is 5.69 Å². The molecule has 7 nitrogen and oxygen atoms in total. The summed E-state index contributed by atoms with van der Waals surface area (Å²) in [6, 6.07) is 15.3. The van der Waals surface area contributed by atoms with Gasteiger partial charge in [0, 0.05) is 28.8 Å². The maximum absolute atomic E-state index is 12.4. The molecule has 0 aromatic heterocycles. The zero-order valence-electron chi connectivity index (χ0n) is 18.5. The van der Waals surface area contributed by atoms with Gasteiger partial charge < -0.3 is 14.8 Å². The minimum atomic E-state index is -0.507. The number of aryl methyl sites for hydroxylation is 1. The number of ether oxygens (including phenoxy) is 2. The van der Waals surface area contributed by atoms with Gasteiger partial charge in [-0.3, -0.25) is 14.9 Å². The van der Waals surface area contributed by atoms with E-state index in [0.29, 0.717) is 44.4 Å². The van der Waals surface area contributed by atoms with E-state index in [9.17, 15) is 14.9 Å². The smallest absolute Gasteiger partial charge is 0.271 e. The Hall–Kier alpha value is -3.36. The molecule has 0 saturated heterocycles. The van der Waals surface area contributed by atoms with Crippen LogP contribution in [0.3, 0.4) is 0 Å². The molecule has 0 heterocycles. The lowest BCUT2D eigenvalue weighted by Gasteiger charge is -2.15. The normalized spacial score (nSPS) is 10.8. The van der Waals surface area contributed by atoms with Crippen molar-refractivity contribution in [3.05, 3.63) is 97.0 Å². The van der Waals surface area contributed by atoms with Crippen LogP contribution in [0.2, 0.25) is 5.02 Å². The lowest BCUT2D eigenvalue weighted by Crippen LogP contribution is -2.09. The van der Waals surface area contributed by atoms with E-state index in [0.717, 1.165) is 5.56 Å². The number of amides is 1. The second-order valence-electron chi connectivity index (χ2n) is 7.22. The minimum absolute atomic E-state index is 0.0949. The van der Waals surface area contributed by atoms with Crippen molar-refractivity contribution in [3.63, 3.8) is 0 Å². The van der Waals surface area contributed by atoms with Crippen molar-refractivity contribution in [1.82, 2.24) is 0 Å². The van der Waals surface area contributed by atoms with E-state index in [-0.39, 0.29) is 12.3 Å². The quantitative estimate of drug-likeness (QED) is 0.178. The van der Waals surface area contributed by atoms with E-state index in [1.807, 2.05) is 25.1 Å². The van der Waals surface area contributed by atoms with E-state index < -0.39 is 10.8 Å². The molecule has 0 bridgehead atoms. The number of hydrogen-bond donors (Lipinski definition) is 1. The van der Waals surface area contributed by atoms with Crippen molar-refractivity contribution in [2.75, 3.05) is 11.9 Å². The van der Waals surface area contributed by atoms with Crippen molar-refractivity contribution < 1.29 is 19.2 Å². The summed E-state index contributed by atoms with van der Waals surface area (Å²) in [7, 11) is 0. The van der Waals surface area contributed by atoms with Crippen LogP contribution in [0.1, 0.15) is 23.6 Å². The summed E-state index contributed by atoms with van der Waals surface area (Å²) in [6.45, 7) is 4.31. The Morgan fingerprint density at radius 2 is 1.94 bits per heavy atom. The minimum Gasteiger partial charge on any atom is -0.490 e. The van der Waals surface area contributed by atoms with Crippen molar-refractivity contribution >= 4 is 50.9 Å². The van der Waals surface area contributed by atoms with Crippen LogP contribution in [0.5, 0.6) is 11.5 Å². The molecule has 0 radical (unpaired) electrons. The van der Waals surface area contributed by atoms with E-state index in [1.165, 1.54) is 18.2 Å². The third-order valence-electron chi connectivity index (χ3n) is 4.78. The first kappa shape index (κ1) is 25.3. The largest absolute Gasteiger partial charge is 0.490 e. The zero-order chi connectivity index (χ0) is 24.7. The predicted octanol–water partition coefficient (Wildman–Crippen LogP) is 6.95. The van der Waals surface area contributed by atoms with Crippen molar-refractivity contribution in [2.24, 2.45) is 0 Å². The summed E-state index contributed by atoms with van der Waals surface area (Å²) >= 11 is 9.73. The van der Waals surface area contributed by atoms with E-state index >= 15 is 0 Å². The first-order valence-corrected chi connectivity index (χ1v) is 11.5. The van der Waals surface area contributed by atoms with Gasteiger partial charge in [0.2, 0.25) is 5.91 Å². The molecule has 0 atom stereocenters. The highest BCUT2D eigenvalue weighted by molar-refractivity contribution is 9.10. The van der Waals surface area contributed by atoms with Crippen LogP contribution in [-0.2, 0) is 11.4 Å². The number of carbonyl (C=O) groups is 1. The van der Waals surface area contributed by atoms with E-state index in [2.05, 4.69) is 21.2 Å². The average Bonchev–Trinajstić information content (AvgIpc) is 2.79. The standard InChI is InChI=1S/C25H22BrClN2O5/c1-3-33-23-13-17(12-20(26)25(23)34-15-18-6-4-5-7-21(18)27)9-11-24(30)28-22-14-19(29(31)32)10-8-16(22)2/h4-14H,3,15H2,1-2H3,(H,28,30)/b11-9+. The fourth-order valence-corrected chi connectivity index (χ4v) is 3.82. The second kappa shape index (κ2) is 11.7. The molecule has 0 spiro atoms. The van der Waals surface area contributed by atoms with Crippen LogP contribution in [0, 0.1) is 17.0 Å². The van der Waals surface area contributed by atoms with Gasteiger partial charge in [-0.25, -0.2) is 0 Å². The zero-order valence-corrected chi connectivity index (χ0v) is 20.9. The van der Waals surface area contributed by atoms with Gasteiger partial charge in [-0.05, 0) is 65.2 Å². The Labute approximate surface area is 210 Å². The number of non-ortho nitro benzene ring substituents is 1. The monoisotopic (exact) mass is 544 g/mol. The first-order valence-electron chi connectivity index (χ1n) is 10.3. The Kier molecular flexibility index (Phi) is 8.67. The SMILES string of the molecule is CCOc1cc(/C=C/C(=O)Nc2cc([N+](=O)[O-])ccc2C)cc(Br)c1OCc1ccccc1Cl. The number of anilines is 1. The Morgan fingerprint density at radius 3 is 2.65 bits per heavy atom. The molecule has 3 aromatic rings. The number of nitrogens with one attached hydrogen (secondary N) is 1. The van der Waals surface area contributed by atoms with Crippen LogP contribution >= 0.6 is 27.5 Å². The predicted molar refractivity (Wildman–Crippen MR) is 137 cm³/mol. The molecule has 9 heteroatoms.